The molecule has 1 aromatic heterocycles. The van der Waals surface area contributed by atoms with Gasteiger partial charge in [-0.2, -0.15) is 0 Å². The molecule has 1 saturated heterocycles. The van der Waals surface area contributed by atoms with Gasteiger partial charge in [-0.15, -0.1) is 12.4 Å². The zero-order valence-corrected chi connectivity index (χ0v) is 19.8. The third-order valence-electron chi connectivity index (χ3n) is 6.58. The second-order valence-corrected chi connectivity index (χ2v) is 8.51. The van der Waals surface area contributed by atoms with E-state index < -0.39 is 0 Å². The summed E-state index contributed by atoms with van der Waals surface area (Å²) in [5, 5.41) is 0. The number of hydrogen-bond donors (Lipinski definition) is 0. The van der Waals surface area contributed by atoms with Crippen LogP contribution < -0.4 is 14.5 Å². The number of aromatic nitrogens is 1. The number of halogens is 1. The first-order valence-electron chi connectivity index (χ1n) is 11.6. The highest BCUT2D eigenvalue weighted by Crippen LogP contribution is 2.29. The normalized spacial score (nSPS) is 17.5. The van der Waals surface area contributed by atoms with Crippen molar-refractivity contribution in [2.75, 3.05) is 56.2 Å². The molecule has 2 fully saturated rings. The first kappa shape index (κ1) is 24.3. The van der Waals surface area contributed by atoms with Crippen LogP contribution in [0.25, 0.3) is 0 Å². The molecule has 1 amide bonds. The molecule has 1 aliphatic heterocycles. The molecule has 4 rings (SSSR count). The fourth-order valence-electron chi connectivity index (χ4n) is 4.77. The number of nitrogens with zero attached hydrogens (tertiary/aromatic N) is 4. The Morgan fingerprint density at radius 3 is 2.44 bits per heavy atom. The van der Waals surface area contributed by atoms with Gasteiger partial charge in [-0.1, -0.05) is 37.5 Å². The lowest BCUT2D eigenvalue weighted by Gasteiger charge is -2.37. The van der Waals surface area contributed by atoms with Crippen LogP contribution in [0, 0.1) is 5.92 Å². The maximum Gasteiger partial charge on any atom is 0.231 e. The molecule has 6 nitrogen and oxygen atoms in total. The largest absolute Gasteiger partial charge is 0.495 e. The SMILES string of the molecule is COc1ccccc1N1CCN(CCN(C(=O)C2CCCCC2)c2ccccn2)CC1.Cl. The Labute approximate surface area is 198 Å². The third kappa shape index (κ3) is 5.93. The van der Waals surface area contributed by atoms with E-state index in [4.69, 9.17) is 4.74 Å². The molecule has 174 valence electrons. The summed E-state index contributed by atoms with van der Waals surface area (Å²) >= 11 is 0. The summed E-state index contributed by atoms with van der Waals surface area (Å²) in [5.41, 5.74) is 1.16. The monoisotopic (exact) mass is 458 g/mol. The lowest BCUT2D eigenvalue weighted by atomic mass is 9.88. The Bertz CT molecular complexity index is 837. The molecule has 2 aromatic rings. The van der Waals surface area contributed by atoms with Gasteiger partial charge in [0.05, 0.1) is 12.8 Å². The van der Waals surface area contributed by atoms with Crippen LogP contribution in [-0.4, -0.2) is 62.2 Å². The molecule has 0 unspecified atom stereocenters. The van der Waals surface area contributed by atoms with Crippen molar-refractivity contribution in [3.8, 4) is 5.75 Å². The number of para-hydroxylation sites is 2. The maximum atomic E-state index is 13.3. The average molecular weight is 459 g/mol. The molecule has 0 atom stereocenters. The molecule has 2 heterocycles. The van der Waals surface area contributed by atoms with Crippen LogP contribution >= 0.6 is 12.4 Å². The van der Waals surface area contributed by atoms with Crippen LogP contribution in [0.5, 0.6) is 5.75 Å². The van der Waals surface area contributed by atoms with E-state index in [0.717, 1.165) is 75.7 Å². The predicted octanol–water partition coefficient (Wildman–Crippen LogP) is 4.25. The van der Waals surface area contributed by atoms with Gasteiger partial charge in [0.15, 0.2) is 0 Å². The number of hydrogen-bond acceptors (Lipinski definition) is 5. The molecule has 0 spiro atoms. The molecule has 7 heteroatoms. The van der Waals surface area contributed by atoms with E-state index in [2.05, 4.69) is 26.9 Å². The fourth-order valence-corrected chi connectivity index (χ4v) is 4.77. The van der Waals surface area contributed by atoms with Gasteiger partial charge >= 0.3 is 0 Å². The summed E-state index contributed by atoms with van der Waals surface area (Å²) in [6.45, 7) is 5.44. The standard InChI is InChI=1S/C25H34N4O2.ClH/c1-31-23-12-6-5-11-22(23)28-18-15-27(16-19-28)17-20-29(24-13-7-8-14-26-24)25(30)21-9-3-2-4-10-21;/h5-8,11-14,21H,2-4,9-10,15-20H2,1H3;1H. The molecule has 0 N–H and O–H groups in total. The Morgan fingerprint density at radius 2 is 1.75 bits per heavy atom. The Morgan fingerprint density at radius 1 is 1.03 bits per heavy atom. The number of pyridine rings is 1. The van der Waals surface area contributed by atoms with Crippen LogP contribution in [-0.2, 0) is 4.79 Å². The van der Waals surface area contributed by atoms with Crippen molar-refractivity contribution in [1.29, 1.82) is 0 Å². The van der Waals surface area contributed by atoms with Gasteiger partial charge in [0.1, 0.15) is 11.6 Å². The molecule has 0 radical (unpaired) electrons. The van der Waals surface area contributed by atoms with Gasteiger partial charge < -0.3 is 9.64 Å². The number of anilines is 2. The highest BCUT2D eigenvalue weighted by Gasteiger charge is 2.28. The average Bonchev–Trinajstić information content (AvgIpc) is 2.85. The lowest BCUT2D eigenvalue weighted by molar-refractivity contribution is -0.123. The van der Waals surface area contributed by atoms with Gasteiger partial charge in [0, 0.05) is 51.4 Å². The lowest BCUT2D eigenvalue weighted by Crippen LogP contribution is -2.50. The molecule has 0 bridgehead atoms. The summed E-state index contributed by atoms with van der Waals surface area (Å²) in [7, 11) is 1.73. The van der Waals surface area contributed by atoms with Crippen LogP contribution in [0.1, 0.15) is 32.1 Å². The molecular formula is C25H35ClN4O2. The van der Waals surface area contributed by atoms with Crippen LogP contribution in [0.15, 0.2) is 48.7 Å². The summed E-state index contributed by atoms with van der Waals surface area (Å²) < 4.78 is 5.53. The quantitative estimate of drug-likeness (QED) is 0.620. The van der Waals surface area contributed by atoms with Gasteiger partial charge in [0.25, 0.3) is 0 Å². The van der Waals surface area contributed by atoms with E-state index in [-0.39, 0.29) is 24.2 Å². The van der Waals surface area contributed by atoms with Crippen LogP contribution in [0.2, 0.25) is 0 Å². The van der Waals surface area contributed by atoms with Crippen LogP contribution in [0.4, 0.5) is 11.5 Å². The van der Waals surface area contributed by atoms with E-state index in [1.807, 2.05) is 35.2 Å². The van der Waals surface area contributed by atoms with E-state index in [1.165, 1.54) is 6.42 Å². The Kier molecular flexibility index (Phi) is 9.18. The van der Waals surface area contributed by atoms with Gasteiger partial charge in [-0.25, -0.2) is 4.98 Å². The van der Waals surface area contributed by atoms with E-state index in [0.29, 0.717) is 6.54 Å². The number of carbonyl (C=O) groups excluding carboxylic acids is 1. The van der Waals surface area contributed by atoms with Gasteiger partial charge in [-0.3, -0.25) is 14.6 Å². The highest BCUT2D eigenvalue weighted by molar-refractivity contribution is 5.94. The second-order valence-electron chi connectivity index (χ2n) is 8.51. The Balaban J connectivity index is 0.00000289. The third-order valence-corrected chi connectivity index (χ3v) is 6.58. The van der Waals surface area contributed by atoms with Crippen molar-refractivity contribution in [1.82, 2.24) is 9.88 Å². The molecule has 1 aromatic carbocycles. The summed E-state index contributed by atoms with van der Waals surface area (Å²) in [5.74, 6) is 2.12. The van der Waals surface area contributed by atoms with Crippen molar-refractivity contribution in [3.05, 3.63) is 48.7 Å². The number of ether oxygens (including phenoxy) is 1. The minimum Gasteiger partial charge on any atom is -0.495 e. The number of carbonyl (C=O) groups is 1. The number of methoxy groups -OCH3 is 1. The number of rotatable bonds is 7. The first-order chi connectivity index (χ1) is 15.3. The Hall–Kier alpha value is -2.31. The molecule has 1 aliphatic carbocycles. The van der Waals surface area contributed by atoms with Gasteiger partial charge in [0.2, 0.25) is 5.91 Å². The van der Waals surface area contributed by atoms with Crippen molar-refractivity contribution in [3.63, 3.8) is 0 Å². The smallest absolute Gasteiger partial charge is 0.231 e. The van der Waals surface area contributed by atoms with E-state index in [1.54, 1.807) is 13.3 Å². The maximum absolute atomic E-state index is 13.3. The first-order valence-corrected chi connectivity index (χ1v) is 11.6. The second kappa shape index (κ2) is 12.1. The van der Waals surface area contributed by atoms with E-state index in [9.17, 15) is 4.79 Å². The number of amides is 1. The van der Waals surface area contributed by atoms with Crippen molar-refractivity contribution in [2.45, 2.75) is 32.1 Å². The zero-order valence-electron chi connectivity index (χ0n) is 19.0. The fraction of sp³-hybridized carbons (Fsp3) is 0.520. The minimum atomic E-state index is 0. The highest BCUT2D eigenvalue weighted by atomic mass is 35.5. The van der Waals surface area contributed by atoms with Crippen molar-refractivity contribution >= 4 is 29.8 Å². The minimum absolute atomic E-state index is 0. The molecule has 2 aliphatic rings. The molecule has 32 heavy (non-hydrogen) atoms. The van der Waals surface area contributed by atoms with Crippen molar-refractivity contribution in [2.24, 2.45) is 5.92 Å². The van der Waals surface area contributed by atoms with Crippen molar-refractivity contribution < 1.29 is 9.53 Å². The molecular weight excluding hydrogens is 424 g/mol. The molecule has 1 saturated carbocycles. The van der Waals surface area contributed by atoms with Gasteiger partial charge in [-0.05, 0) is 37.1 Å². The van der Waals surface area contributed by atoms with E-state index >= 15 is 0 Å². The topological polar surface area (TPSA) is 48.9 Å². The number of benzene rings is 1. The number of piperazine rings is 1. The zero-order chi connectivity index (χ0) is 21.5. The van der Waals surface area contributed by atoms with Crippen LogP contribution in [0.3, 0.4) is 0 Å². The summed E-state index contributed by atoms with van der Waals surface area (Å²) in [4.78, 5) is 24.6. The summed E-state index contributed by atoms with van der Waals surface area (Å²) in [6.07, 6.45) is 7.39. The summed E-state index contributed by atoms with van der Waals surface area (Å²) in [6, 6.07) is 14.0. The predicted molar refractivity (Wildman–Crippen MR) is 132 cm³/mol.